The zero-order chi connectivity index (χ0) is 19.0. The van der Waals surface area contributed by atoms with E-state index in [1.807, 2.05) is 49.4 Å². The summed E-state index contributed by atoms with van der Waals surface area (Å²) >= 11 is 0. The lowest BCUT2D eigenvalue weighted by molar-refractivity contribution is -0.117. The van der Waals surface area contributed by atoms with Crippen molar-refractivity contribution in [3.63, 3.8) is 0 Å². The highest BCUT2D eigenvalue weighted by molar-refractivity contribution is 6.05. The van der Waals surface area contributed by atoms with E-state index in [-0.39, 0.29) is 11.8 Å². The van der Waals surface area contributed by atoms with Gasteiger partial charge in [-0.1, -0.05) is 19.1 Å². The van der Waals surface area contributed by atoms with Crippen LogP contribution in [0.15, 0.2) is 30.3 Å². The lowest BCUT2D eigenvalue weighted by atomic mass is 9.98. The fourth-order valence-corrected chi connectivity index (χ4v) is 3.47. The second-order valence-corrected chi connectivity index (χ2v) is 6.48. The number of amides is 1. The van der Waals surface area contributed by atoms with Gasteiger partial charge in [-0.15, -0.1) is 0 Å². The SMILES string of the molecule is CCC1C(=O)Nc2cc3nc(C=Cc4ccc(OC)c(OC)c4)[nH]c3cc21. The molecule has 3 aromatic rings. The maximum atomic E-state index is 12.0. The summed E-state index contributed by atoms with van der Waals surface area (Å²) in [6, 6.07) is 9.69. The number of carbonyl (C=O) groups is 1. The van der Waals surface area contributed by atoms with E-state index in [2.05, 4.69) is 15.3 Å². The third-order valence-electron chi connectivity index (χ3n) is 4.87. The summed E-state index contributed by atoms with van der Waals surface area (Å²) in [5, 5.41) is 2.94. The van der Waals surface area contributed by atoms with Crippen molar-refractivity contribution in [2.24, 2.45) is 0 Å². The Morgan fingerprint density at radius 1 is 1.11 bits per heavy atom. The molecule has 0 radical (unpaired) electrons. The molecule has 27 heavy (non-hydrogen) atoms. The number of benzene rings is 2. The van der Waals surface area contributed by atoms with Crippen LogP contribution in [-0.4, -0.2) is 30.1 Å². The summed E-state index contributed by atoms with van der Waals surface area (Å²) in [6.45, 7) is 2.02. The molecule has 0 fully saturated rings. The molecular formula is C21H21N3O3. The average molecular weight is 363 g/mol. The van der Waals surface area contributed by atoms with Crippen molar-refractivity contribution in [2.45, 2.75) is 19.3 Å². The van der Waals surface area contributed by atoms with Crippen LogP contribution in [-0.2, 0) is 4.79 Å². The minimum Gasteiger partial charge on any atom is -0.493 e. The van der Waals surface area contributed by atoms with Gasteiger partial charge in [-0.3, -0.25) is 4.79 Å². The van der Waals surface area contributed by atoms with Gasteiger partial charge in [-0.2, -0.15) is 0 Å². The molecule has 4 rings (SSSR count). The van der Waals surface area contributed by atoms with E-state index in [1.54, 1.807) is 14.2 Å². The van der Waals surface area contributed by atoms with Crippen molar-refractivity contribution in [1.29, 1.82) is 0 Å². The highest BCUT2D eigenvalue weighted by Crippen LogP contribution is 2.37. The molecule has 1 aliphatic rings. The second-order valence-electron chi connectivity index (χ2n) is 6.48. The van der Waals surface area contributed by atoms with Crippen molar-refractivity contribution in [3.8, 4) is 11.5 Å². The molecule has 1 aromatic heterocycles. The van der Waals surface area contributed by atoms with E-state index in [4.69, 9.17) is 9.47 Å². The van der Waals surface area contributed by atoms with Crippen LogP contribution in [0.1, 0.15) is 36.2 Å². The van der Waals surface area contributed by atoms with Crippen LogP contribution in [0, 0.1) is 0 Å². The molecule has 0 aliphatic carbocycles. The highest BCUT2D eigenvalue weighted by Gasteiger charge is 2.29. The molecule has 0 spiro atoms. The van der Waals surface area contributed by atoms with E-state index in [1.165, 1.54) is 0 Å². The van der Waals surface area contributed by atoms with Gasteiger partial charge in [0.2, 0.25) is 5.91 Å². The average Bonchev–Trinajstić information content (AvgIpc) is 3.22. The quantitative estimate of drug-likeness (QED) is 0.712. The van der Waals surface area contributed by atoms with E-state index in [0.717, 1.165) is 40.1 Å². The number of nitrogens with one attached hydrogen (secondary N) is 2. The molecule has 1 amide bonds. The summed E-state index contributed by atoms with van der Waals surface area (Å²) in [5.41, 5.74) is 4.64. The van der Waals surface area contributed by atoms with Crippen molar-refractivity contribution < 1.29 is 14.3 Å². The number of fused-ring (bicyclic) bond motifs is 2. The van der Waals surface area contributed by atoms with Gasteiger partial charge in [0.25, 0.3) is 0 Å². The molecule has 1 aliphatic heterocycles. The molecule has 2 aromatic carbocycles. The van der Waals surface area contributed by atoms with Gasteiger partial charge in [0, 0.05) is 5.69 Å². The first kappa shape index (κ1) is 17.1. The molecule has 2 heterocycles. The first-order valence-corrected chi connectivity index (χ1v) is 8.87. The number of H-pyrrole nitrogens is 1. The Morgan fingerprint density at radius 3 is 2.67 bits per heavy atom. The molecule has 1 atom stereocenters. The minimum absolute atomic E-state index is 0.0636. The molecule has 0 saturated carbocycles. The zero-order valence-electron chi connectivity index (χ0n) is 15.5. The van der Waals surface area contributed by atoms with Gasteiger partial charge in [0.1, 0.15) is 5.82 Å². The summed E-state index contributed by atoms with van der Waals surface area (Å²) < 4.78 is 10.6. The van der Waals surface area contributed by atoms with Crippen LogP contribution in [0.25, 0.3) is 23.2 Å². The zero-order valence-corrected chi connectivity index (χ0v) is 15.5. The van der Waals surface area contributed by atoms with Crippen LogP contribution >= 0.6 is 0 Å². The van der Waals surface area contributed by atoms with Crippen molar-refractivity contribution >= 4 is 34.8 Å². The lowest BCUT2D eigenvalue weighted by Gasteiger charge is -2.07. The summed E-state index contributed by atoms with van der Waals surface area (Å²) in [4.78, 5) is 19.9. The van der Waals surface area contributed by atoms with E-state index in [0.29, 0.717) is 11.5 Å². The topological polar surface area (TPSA) is 76.2 Å². The number of carbonyl (C=O) groups excluding carboxylic acids is 1. The lowest BCUT2D eigenvalue weighted by Crippen LogP contribution is -2.10. The van der Waals surface area contributed by atoms with Gasteiger partial charge in [-0.25, -0.2) is 4.98 Å². The molecule has 1 unspecified atom stereocenters. The maximum absolute atomic E-state index is 12.0. The Hall–Kier alpha value is -3.28. The first-order chi connectivity index (χ1) is 13.1. The van der Waals surface area contributed by atoms with Crippen LogP contribution in [0.4, 0.5) is 5.69 Å². The Bertz CT molecular complexity index is 1050. The van der Waals surface area contributed by atoms with Gasteiger partial charge >= 0.3 is 0 Å². The number of nitrogens with zero attached hydrogens (tertiary/aromatic N) is 1. The van der Waals surface area contributed by atoms with Crippen molar-refractivity contribution in [2.75, 3.05) is 19.5 Å². The standard InChI is InChI=1S/C21H21N3O3/c1-4-13-14-10-16-17(11-15(14)24-21(13)25)23-20(22-16)8-6-12-5-7-18(26-2)19(9-12)27-3/h5-11,13H,4H2,1-3H3,(H,22,23)(H,24,25). The molecule has 2 N–H and O–H groups in total. The van der Waals surface area contributed by atoms with Crippen LogP contribution in [0.5, 0.6) is 11.5 Å². The Kier molecular flexibility index (Phi) is 4.32. The number of anilines is 1. The number of methoxy groups -OCH3 is 2. The van der Waals surface area contributed by atoms with Gasteiger partial charge in [0.15, 0.2) is 11.5 Å². The first-order valence-electron chi connectivity index (χ1n) is 8.87. The molecule has 6 nitrogen and oxygen atoms in total. The fourth-order valence-electron chi connectivity index (χ4n) is 3.47. The third-order valence-corrected chi connectivity index (χ3v) is 4.87. The largest absolute Gasteiger partial charge is 0.493 e. The van der Waals surface area contributed by atoms with Gasteiger partial charge in [0.05, 0.1) is 31.2 Å². The summed E-state index contributed by atoms with van der Waals surface area (Å²) in [6.07, 6.45) is 4.66. The molecule has 138 valence electrons. The van der Waals surface area contributed by atoms with Gasteiger partial charge in [-0.05, 0) is 47.9 Å². The monoisotopic (exact) mass is 363 g/mol. The molecule has 0 saturated heterocycles. The molecule has 0 bridgehead atoms. The van der Waals surface area contributed by atoms with E-state index < -0.39 is 0 Å². The van der Waals surface area contributed by atoms with Gasteiger partial charge < -0.3 is 19.8 Å². The Balaban J connectivity index is 1.64. The van der Waals surface area contributed by atoms with Crippen LogP contribution in [0.2, 0.25) is 0 Å². The number of aromatic nitrogens is 2. The molecular weight excluding hydrogens is 342 g/mol. The Morgan fingerprint density at radius 2 is 1.93 bits per heavy atom. The number of ether oxygens (including phenoxy) is 2. The van der Waals surface area contributed by atoms with Crippen molar-refractivity contribution in [1.82, 2.24) is 9.97 Å². The maximum Gasteiger partial charge on any atom is 0.231 e. The highest BCUT2D eigenvalue weighted by atomic mass is 16.5. The Labute approximate surface area is 157 Å². The summed E-state index contributed by atoms with van der Waals surface area (Å²) in [7, 11) is 3.23. The van der Waals surface area contributed by atoms with Crippen LogP contribution < -0.4 is 14.8 Å². The second kappa shape index (κ2) is 6.79. The van der Waals surface area contributed by atoms with Crippen LogP contribution in [0.3, 0.4) is 0 Å². The molecule has 6 heteroatoms. The normalized spacial score (nSPS) is 16.0. The minimum atomic E-state index is -0.0848. The number of rotatable bonds is 5. The number of imidazole rings is 1. The third kappa shape index (κ3) is 3.03. The number of aromatic amines is 1. The fraction of sp³-hybridized carbons (Fsp3) is 0.238. The number of hydrogen-bond acceptors (Lipinski definition) is 4. The van der Waals surface area contributed by atoms with Crippen molar-refractivity contribution in [3.05, 3.63) is 47.3 Å². The van der Waals surface area contributed by atoms with E-state index >= 15 is 0 Å². The smallest absolute Gasteiger partial charge is 0.231 e. The predicted octanol–water partition coefficient (Wildman–Crippen LogP) is 4.20. The number of hydrogen-bond donors (Lipinski definition) is 2. The predicted molar refractivity (Wildman–Crippen MR) is 106 cm³/mol. The van der Waals surface area contributed by atoms with E-state index in [9.17, 15) is 4.79 Å². The summed E-state index contributed by atoms with van der Waals surface area (Å²) in [5.74, 6) is 2.11.